The van der Waals surface area contributed by atoms with E-state index in [9.17, 15) is 9.90 Å². The molecule has 2 aromatic rings. The van der Waals surface area contributed by atoms with Crippen molar-refractivity contribution in [1.82, 2.24) is 9.97 Å². The second kappa shape index (κ2) is 3.98. The molecule has 0 bridgehead atoms. The maximum absolute atomic E-state index is 11.4. The summed E-state index contributed by atoms with van der Waals surface area (Å²) in [6.07, 6.45) is 0. The molecular weight excluding hydrogens is 228 g/mol. The van der Waals surface area contributed by atoms with Gasteiger partial charge in [0.25, 0.3) is 5.56 Å². The van der Waals surface area contributed by atoms with E-state index in [0.717, 1.165) is 0 Å². The van der Waals surface area contributed by atoms with E-state index in [4.69, 9.17) is 11.6 Å². The van der Waals surface area contributed by atoms with Gasteiger partial charge in [-0.1, -0.05) is 23.7 Å². The van der Waals surface area contributed by atoms with Crippen molar-refractivity contribution in [3.8, 4) is 17.0 Å². The third-order valence-electron chi connectivity index (χ3n) is 2.14. The van der Waals surface area contributed by atoms with Crippen LogP contribution in [-0.2, 0) is 0 Å². The molecule has 2 N–H and O–H groups in total. The van der Waals surface area contributed by atoms with Crippen molar-refractivity contribution in [2.45, 2.75) is 6.92 Å². The summed E-state index contributed by atoms with van der Waals surface area (Å²) in [4.78, 5) is 18.0. The van der Waals surface area contributed by atoms with E-state index < -0.39 is 5.56 Å². The van der Waals surface area contributed by atoms with Gasteiger partial charge in [0.2, 0.25) is 0 Å². The summed E-state index contributed by atoms with van der Waals surface area (Å²) < 4.78 is 0. The number of nitrogens with zero attached hydrogens (tertiary/aromatic N) is 1. The van der Waals surface area contributed by atoms with Crippen molar-refractivity contribution in [3.05, 3.63) is 45.5 Å². The molecule has 0 aliphatic heterocycles. The Hall–Kier alpha value is -1.81. The molecule has 82 valence electrons. The number of hydrogen-bond donors (Lipinski definition) is 2. The average molecular weight is 237 g/mol. The van der Waals surface area contributed by atoms with Gasteiger partial charge in [0.1, 0.15) is 22.3 Å². The van der Waals surface area contributed by atoms with Crippen LogP contribution in [0.15, 0.2) is 29.1 Å². The molecule has 0 amide bonds. The summed E-state index contributed by atoms with van der Waals surface area (Å²) in [5, 5.41) is 9.64. The van der Waals surface area contributed by atoms with Crippen molar-refractivity contribution >= 4 is 11.6 Å². The fourth-order valence-corrected chi connectivity index (χ4v) is 1.62. The lowest BCUT2D eigenvalue weighted by Crippen LogP contribution is -2.11. The minimum Gasteiger partial charge on any atom is -0.507 e. The highest BCUT2D eigenvalue weighted by Gasteiger charge is 2.12. The molecule has 0 spiro atoms. The first kappa shape index (κ1) is 10.7. The molecule has 2 rings (SSSR count). The average Bonchev–Trinajstić information content (AvgIpc) is 2.24. The number of hydrogen-bond acceptors (Lipinski definition) is 3. The Bertz CT molecular complexity index is 593. The molecule has 0 atom stereocenters. The summed E-state index contributed by atoms with van der Waals surface area (Å²) in [5.74, 6) is 0.495. The summed E-state index contributed by atoms with van der Waals surface area (Å²) in [6, 6.07) is 6.60. The van der Waals surface area contributed by atoms with Crippen LogP contribution in [0.5, 0.6) is 5.75 Å². The van der Waals surface area contributed by atoms with Gasteiger partial charge >= 0.3 is 0 Å². The van der Waals surface area contributed by atoms with Crippen LogP contribution >= 0.6 is 11.6 Å². The number of H-pyrrole nitrogens is 1. The Kier molecular flexibility index (Phi) is 2.66. The number of phenols is 1. The number of aromatic amines is 1. The molecule has 4 nitrogen and oxygen atoms in total. The van der Waals surface area contributed by atoms with E-state index >= 15 is 0 Å². The molecule has 0 aliphatic rings. The van der Waals surface area contributed by atoms with Gasteiger partial charge in [0, 0.05) is 5.56 Å². The van der Waals surface area contributed by atoms with Crippen molar-refractivity contribution in [3.63, 3.8) is 0 Å². The highest BCUT2D eigenvalue weighted by atomic mass is 35.5. The first-order chi connectivity index (χ1) is 7.59. The summed E-state index contributed by atoms with van der Waals surface area (Å²) >= 11 is 5.85. The number of rotatable bonds is 1. The topological polar surface area (TPSA) is 66.0 Å². The largest absolute Gasteiger partial charge is 0.507 e. The van der Waals surface area contributed by atoms with E-state index in [0.29, 0.717) is 17.1 Å². The van der Waals surface area contributed by atoms with Crippen LogP contribution in [0.3, 0.4) is 0 Å². The lowest BCUT2D eigenvalue weighted by atomic mass is 10.1. The predicted molar refractivity (Wildman–Crippen MR) is 61.7 cm³/mol. The van der Waals surface area contributed by atoms with Gasteiger partial charge in [-0.2, -0.15) is 0 Å². The summed E-state index contributed by atoms with van der Waals surface area (Å²) in [7, 11) is 0. The highest BCUT2D eigenvalue weighted by Crippen LogP contribution is 2.30. The summed E-state index contributed by atoms with van der Waals surface area (Å²) in [6.45, 7) is 1.65. The van der Waals surface area contributed by atoms with E-state index in [1.165, 1.54) is 6.07 Å². The smallest absolute Gasteiger partial charge is 0.270 e. The Morgan fingerprint density at radius 2 is 2.06 bits per heavy atom. The number of nitrogens with one attached hydrogen (secondary N) is 1. The predicted octanol–water partition coefficient (Wildman–Crippen LogP) is 2.10. The maximum atomic E-state index is 11.4. The Balaban J connectivity index is 2.74. The van der Waals surface area contributed by atoms with Crippen LogP contribution in [0, 0.1) is 6.92 Å². The monoisotopic (exact) mass is 236 g/mol. The van der Waals surface area contributed by atoms with Crippen LogP contribution in [-0.4, -0.2) is 15.1 Å². The Labute approximate surface area is 96.6 Å². The van der Waals surface area contributed by atoms with Crippen LogP contribution in [0.2, 0.25) is 5.02 Å². The van der Waals surface area contributed by atoms with Gasteiger partial charge in [0.05, 0.1) is 0 Å². The zero-order valence-corrected chi connectivity index (χ0v) is 9.25. The number of aromatic hydroxyl groups is 1. The molecule has 0 saturated heterocycles. The Morgan fingerprint density at radius 1 is 1.38 bits per heavy atom. The van der Waals surface area contributed by atoms with Crippen molar-refractivity contribution in [2.24, 2.45) is 0 Å². The first-order valence-corrected chi connectivity index (χ1v) is 5.02. The van der Waals surface area contributed by atoms with Crippen LogP contribution in [0.4, 0.5) is 0 Å². The number of phenolic OH excluding ortho intramolecular Hbond substituents is 1. The number of benzene rings is 1. The van der Waals surface area contributed by atoms with Gasteiger partial charge in [0.15, 0.2) is 0 Å². The molecule has 0 saturated carbocycles. The van der Waals surface area contributed by atoms with Crippen LogP contribution in [0.25, 0.3) is 11.3 Å². The molecule has 0 aliphatic carbocycles. The maximum Gasteiger partial charge on any atom is 0.270 e. The molecule has 1 heterocycles. The van der Waals surface area contributed by atoms with Crippen LogP contribution in [0.1, 0.15) is 5.82 Å². The lowest BCUT2D eigenvalue weighted by Gasteiger charge is -2.05. The minimum atomic E-state index is -0.410. The van der Waals surface area contributed by atoms with Crippen molar-refractivity contribution < 1.29 is 5.11 Å². The zero-order chi connectivity index (χ0) is 11.7. The fraction of sp³-hybridized carbons (Fsp3) is 0.0909. The molecule has 0 radical (unpaired) electrons. The summed E-state index contributed by atoms with van der Waals surface area (Å²) in [5.41, 5.74) is 0.329. The highest BCUT2D eigenvalue weighted by molar-refractivity contribution is 6.32. The molecule has 1 aromatic carbocycles. The van der Waals surface area contributed by atoms with E-state index in [1.807, 2.05) is 0 Å². The van der Waals surface area contributed by atoms with Gasteiger partial charge in [-0.15, -0.1) is 0 Å². The number of halogens is 1. The van der Waals surface area contributed by atoms with Gasteiger partial charge in [-0.3, -0.25) is 4.79 Å². The molecule has 0 unspecified atom stereocenters. The van der Waals surface area contributed by atoms with Crippen molar-refractivity contribution in [1.29, 1.82) is 0 Å². The molecular formula is C11H9ClN2O2. The third kappa shape index (κ3) is 1.79. The molecule has 1 aromatic heterocycles. The third-order valence-corrected chi connectivity index (χ3v) is 2.49. The van der Waals surface area contributed by atoms with Crippen molar-refractivity contribution in [2.75, 3.05) is 0 Å². The standard InChI is InChI=1S/C11H9ClN2O2/c1-6-13-10(9(12)11(16)14-6)7-4-2-3-5-8(7)15/h2-5,15H,1H3,(H,13,14,16). The number of para-hydroxylation sites is 1. The van der Waals surface area contributed by atoms with Gasteiger partial charge in [-0.05, 0) is 19.1 Å². The minimum absolute atomic E-state index is 0.0212. The zero-order valence-electron chi connectivity index (χ0n) is 8.49. The second-order valence-corrected chi connectivity index (χ2v) is 3.71. The van der Waals surface area contributed by atoms with Crippen LogP contribution < -0.4 is 5.56 Å². The second-order valence-electron chi connectivity index (χ2n) is 3.33. The number of aryl methyl sites for hydroxylation is 1. The Morgan fingerprint density at radius 3 is 2.75 bits per heavy atom. The first-order valence-electron chi connectivity index (χ1n) is 4.64. The molecule has 0 fully saturated rings. The van der Waals surface area contributed by atoms with Gasteiger partial charge in [-0.25, -0.2) is 4.98 Å². The van der Waals surface area contributed by atoms with Gasteiger partial charge < -0.3 is 10.1 Å². The molecule has 5 heteroatoms. The van der Waals surface area contributed by atoms with E-state index in [1.54, 1.807) is 25.1 Å². The lowest BCUT2D eigenvalue weighted by molar-refractivity contribution is 0.477. The van der Waals surface area contributed by atoms with E-state index in [-0.39, 0.29) is 10.8 Å². The number of aromatic nitrogens is 2. The molecule has 16 heavy (non-hydrogen) atoms. The SMILES string of the molecule is Cc1nc(-c2ccccc2O)c(Cl)c(=O)[nH]1. The normalized spacial score (nSPS) is 10.4. The fourth-order valence-electron chi connectivity index (χ4n) is 1.42. The van der Waals surface area contributed by atoms with E-state index in [2.05, 4.69) is 9.97 Å². The quantitative estimate of drug-likeness (QED) is 0.797.